The van der Waals surface area contributed by atoms with Crippen molar-refractivity contribution in [1.29, 1.82) is 0 Å². The molecule has 29 heavy (non-hydrogen) atoms. The molecule has 1 saturated carbocycles. The van der Waals surface area contributed by atoms with Crippen LogP contribution in [0.4, 0.5) is 5.69 Å². The van der Waals surface area contributed by atoms with Crippen LogP contribution in [0.5, 0.6) is 0 Å². The minimum atomic E-state index is -3.31. The van der Waals surface area contributed by atoms with Gasteiger partial charge in [-0.05, 0) is 43.0 Å². The third kappa shape index (κ3) is 2.80. The summed E-state index contributed by atoms with van der Waals surface area (Å²) in [5.74, 6) is 0.0733. The van der Waals surface area contributed by atoms with Gasteiger partial charge in [0, 0.05) is 54.1 Å². The van der Waals surface area contributed by atoms with Gasteiger partial charge in [-0.1, -0.05) is 25.5 Å². The van der Waals surface area contributed by atoms with Crippen LogP contribution in [-0.2, 0) is 23.3 Å². The number of pyridine rings is 1. The Morgan fingerprint density at radius 3 is 2.55 bits per heavy atom. The molecule has 1 aliphatic heterocycles. The molecule has 2 fully saturated rings. The van der Waals surface area contributed by atoms with E-state index in [1.807, 2.05) is 30.5 Å². The van der Waals surface area contributed by atoms with Crippen molar-refractivity contribution in [1.82, 2.24) is 4.57 Å². The summed E-state index contributed by atoms with van der Waals surface area (Å²) >= 11 is 0. The maximum absolute atomic E-state index is 12.6. The maximum atomic E-state index is 12.6. The highest BCUT2D eigenvalue weighted by Gasteiger charge is 2.47. The normalized spacial score (nSPS) is 19.2. The van der Waals surface area contributed by atoms with Gasteiger partial charge in [0.1, 0.15) is 0 Å². The summed E-state index contributed by atoms with van der Waals surface area (Å²) in [4.78, 5) is 15.3. The number of aryl methyl sites for hydroxylation is 1. The predicted octanol–water partition coefficient (Wildman–Crippen LogP) is 3.41. The second-order valence-electron chi connectivity index (χ2n) is 8.75. The Labute approximate surface area is 171 Å². The Kier molecular flexibility index (Phi) is 4.07. The van der Waals surface area contributed by atoms with Gasteiger partial charge in [-0.15, -0.1) is 0 Å². The molecule has 0 bridgehead atoms. The molecule has 6 heteroatoms. The first-order chi connectivity index (χ1) is 13.8. The van der Waals surface area contributed by atoms with Crippen LogP contribution in [0.3, 0.4) is 0 Å². The lowest BCUT2D eigenvalue weighted by molar-refractivity contribution is 0.0905. The fraction of sp³-hybridized carbons (Fsp3) is 0.435. The summed E-state index contributed by atoms with van der Waals surface area (Å²) in [6.45, 7) is 3.73. The van der Waals surface area contributed by atoms with Gasteiger partial charge in [0.2, 0.25) is 0 Å². The molecule has 0 radical (unpaired) electrons. The molecule has 1 saturated heterocycles. The number of rotatable bonds is 4. The van der Waals surface area contributed by atoms with E-state index >= 15 is 0 Å². The molecule has 0 amide bonds. The standard InChI is InChI=1S/C23H26N2O3S/c1-3-29(27,28)16-8-9-21(25-14-23(15-25)10-5-11-23)19(12-16)20-13-24(2)22(26)18-7-4-6-17(18)20/h4,6,8-9,12-13H,3,5,7,10-11,14-15H2,1-2H3. The van der Waals surface area contributed by atoms with Crippen molar-refractivity contribution in [3.05, 3.63) is 52.0 Å². The zero-order chi connectivity index (χ0) is 20.4. The van der Waals surface area contributed by atoms with Crippen molar-refractivity contribution in [2.45, 2.75) is 37.5 Å². The van der Waals surface area contributed by atoms with Crippen LogP contribution in [0.25, 0.3) is 17.2 Å². The third-order valence-corrected chi connectivity index (χ3v) is 8.66. The average Bonchev–Trinajstić information content (AvgIpc) is 3.12. The highest BCUT2D eigenvalue weighted by atomic mass is 32.2. The molecule has 0 unspecified atom stereocenters. The van der Waals surface area contributed by atoms with E-state index in [9.17, 15) is 13.2 Å². The van der Waals surface area contributed by atoms with Crippen molar-refractivity contribution in [3.8, 4) is 11.1 Å². The quantitative estimate of drug-likeness (QED) is 0.775. The van der Waals surface area contributed by atoms with Crippen LogP contribution in [0, 0.1) is 5.41 Å². The lowest BCUT2D eigenvalue weighted by Gasteiger charge is -2.57. The summed E-state index contributed by atoms with van der Waals surface area (Å²) in [6, 6.07) is 5.51. The monoisotopic (exact) mass is 410 g/mol. The lowest BCUT2D eigenvalue weighted by atomic mass is 9.63. The van der Waals surface area contributed by atoms with Crippen LogP contribution in [0.15, 0.2) is 40.2 Å². The van der Waals surface area contributed by atoms with Crippen molar-refractivity contribution >= 4 is 21.6 Å². The van der Waals surface area contributed by atoms with Gasteiger partial charge in [-0.3, -0.25) is 4.79 Å². The molecule has 1 spiro atoms. The number of benzene rings is 1. The lowest BCUT2D eigenvalue weighted by Crippen LogP contribution is -2.60. The van der Waals surface area contributed by atoms with Crippen molar-refractivity contribution in [2.75, 3.05) is 23.7 Å². The average molecular weight is 411 g/mol. The van der Waals surface area contributed by atoms with Gasteiger partial charge in [0.15, 0.2) is 9.84 Å². The molecule has 0 N–H and O–H groups in total. The number of hydrogen-bond donors (Lipinski definition) is 0. The fourth-order valence-electron chi connectivity index (χ4n) is 5.00. The first-order valence-corrected chi connectivity index (χ1v) is 12.0. The van der Waals surface area contributed by atoms with Crippen LogP contribution in [-0.4, -0.2) is 31.8 Å². The van der Waals surface area contributed by atoms with Gasteiger partial charge < -0.3 is 9.47 Å². The number of aromatic nitrogens is 1. The minimum absolute atomic E-state index is 0.0185. The zero-order valence-electron chi connectivity index (χ0n) is 16.9. The molecular weight excluding hydrogens is 384 g/mol. The van der Waals surface area contributed by atoms with Gasteiger partial charge >= 0.3 is 0 Å². The summed E-state index contributed by atoms with van der Waals surface area (Å²) in [6.07, 6.45) is 10.4. The fourth-order valence-corrected chi connectivity index (χ4v) is 5.91. The van der Waals surface area contributed by atoms with Gasteiger partial charge in [-0.2, -0.15) is 0 Å². The Morgan fingerprint density at radius 2 is 1.90 bits per heavy atom. The molecule has 5 rings (SSSR count). The van der Waals surface area contributed by atoms with E-state index in [0.717, 1.165) is 41.0 Å². The Balaban J connectivity index is 1.69. The Bertz CT molecular complexity index is 1200. The molecule has 1 aromatic carbocycles. The van der Waals surface area contributed by atoms with Crippen LogP contribution < -0.4 is 10.5 Å². The van der Waals surface area contributed by atoms with E-state index in [1.54, 1.807) is 24.6 Å². The smallest absolute Gasteiger partial charge is 0.254 e. The summed E-state index contributed by atoms with van der Waals surface area (Å²) in [5, 5.41) is 0. The molecule has 1 aromatic heterocycles. The number of fused-ring (bicyclic) bond motifs is 1. The molecule has 2 aliphatic carbocycles. The number of allylic oxidation sites excluding steroid dienone is 1. The second-order valence-corrected chi connectivity index (χ2v) is 11.0. The maximum Gasteiger partial charge on any atom is 0.254 e. The first-order valence-electron chi connectivity index (χ1n) is 10.3. The van der Waals surface area contributed by atoms with Crippen LogP contribution >= 0.6 is 0 Å². The van der Waals surface area contributed by atoms with Gasteiger partial charge in [-0.25, -0.2) is 8.42 Å². The minimum Gasteiger partial charge on any atom is -0.370 e. The van der Waals surface area contributed by atoms with E-state index in [0.29, 0.717) is 16.7 Å². The predicted molar refractivity (Wildman–Crippen MR) is 116 cm³/mol. The highest BCUT2D eigenvalue weighted by molar-refractivity contribution is 7.91. The SMILES string of the molecule is CCS(=O)(=O)c1ccc(N2CC3(CCC3)C2)c(-c2cn(C)c(=O)c3c2C=CC3)c1. The molecule has 152 valence electrons. The van der Waals surface area contributed by atoms with E-state index in [2.05, 4.69) is 4.90 Å². The molecule has 0 atom stereocenters. The second kappa shape index (κ2) is 6.33. The first kappa shape index (κ1) is 18.7. The van der Waals surface area contributed by atoms with Crippen LogP contribution in [0.1, 0.15) is 37.3 Å². The van der Waals surface area contributed by atoms with Crippen molar-refractivity contribution in [2.24, 2.45) is 12.5 Å². The highest BCUT2D eigenvalue weighted by Crippen LogP contribution is 2.51. The van der Waals surface area contributed by atoms with Crippen molar-refractivity contribution < 1.29 is 8.42 Å². The molecule has 5 nitrogen and oxygen atoms in total. The topological polar surface area (TPSA) is 59.4 Å². The summed E-state index contributed by atoms with van der Waals surface area (Å²) < 4.78 is 26.8. The van der Waals surface area contributed by atoms with Gasteiger partial charge in [0.25, 0.3) is 5.56 Å². The van der Waals surface area contributed by atoms with E-state index in [1.165, 1.54) is 19.3 Å². The van der Waals surface area contributed by atoms with Crippen LogP contribution in [0.2, 0.25) is 0 Å². The van der Waals surface area contributed by atoms with Gasteiger partial charge in [0.05, 0.1) is 10.6 Å². The van der Waals surface area contributed by atoms with E-state index < -0.39 is 9.84 Å². The summed E-state index contributed by atoms with van der Waals surface area (Å²) in [7, 11) is -1.55. The number of hydrogen-bond acceptors (Lipinski definition) is 4. The molecular formula is C23H26N2O3S. The largest absolute Gasteiger partial charge is 0.370 e. The number of nitrogens with zero attached hydrogens (tertiary/aromatic N) is 2. The van der Waals surface area contributed by atoms with E-state index in [-0.39, 0.29) is 11.3 Å². The van der Waals surface area contributed by atoms with Crippen molar-refractivity contribution in [3.63, 3.8) is 0 Å². The zero-order valence-corrected chi connectivity index (χ0v) is 17.8. The molecule has 3 aliphatic rings. The summed E-state index contributed by atoms with van der Waals surface area (Å²) in [5.41, 5.74) is 5.12. The van der Waals surface area contributed by atoms with E-state index in [4.69, 9.17) is 0 Å². The number of sulfone groups is 1. The third-order valence-electron chi connectivity index (χ3n) is 6.93. The Morgan fingerprint density at radius 1 is 1.14 bits per heavy atom. The molecule has 2 heterocycles. The molecule has 2 aromatic rings. The Hall–Kier alpha value is -2.34. The number of anilines is 1.